The molecule has 0 spiro atoms. The molecule has 10 heavy (non-hydrogen) atoms. The van der Waals surface area contributed by atoms with Gasteiger partial charge in [-0.25, -0.2) is 4.52 Å². The molecule has 2 aromatic rings. The van der Waals surface area contributed by atoms with Gasteiger partial charge in [0.25, 0.3) is 5.52 Å². The van der Waals surface area contributed by atoms with E-state index < -0.39 is 0 Å². The van der Waals surface area contributed by atoms with Gasteiger partial charge in [0.05, 0.1) is 0 Å². The van der Waals surface area contributed by atoms with Gasteiger partial charge in [0.15, 0.2) is 6.26 Å². The Morgan fingerprint density at radius 1 is 1.40 bits per heavy atom. The van der Waals surface area contributed by atoms with Crippen molar-refractivity contribution < 1.29 is 14.2 Å². The van der Waals surface area contributed by atoms with Crippen molar-refractivity contribution in [1.82, 2.24) is 0 Å². The molecule has 0 saturated heterocycles. The molecule has 50 valence electrons. The van der Waals surface area contributed by atoms with Crippen LogP contribution in [0.25, 0.3) is 5.52 Å². The highest BCUT2D eigenvalue weighted by Gasteiger charge is 2.03. The van der Waals surface area contributed by atoms with Crippen molar-refractivity contribution in [3.8, 4) is 5.75 Å². The lowest BCUT2D eigenvalue weighted by molar-refractivity contribution is -0.717. The Bertz CT molecular complexity index is 353. The molecule has 0 aromatic carbocycles. The average molecular weight is 135 g/mol. The topological polar surface area (TPSA) is 40.3 Å². The molecule has 0 fully saturated rings. The summed E-state index contributed by atoms with van der Waals surface area (Å²) in [6.07, 6.45) is 2.88. The van der Waals surface area contributed by atoms with Crippen molar-refractivity contribution in [3.63, 3.8) is 0 Å². The first kappa shape index (κ1) is 5.29. The molecule has 0 radical (unpaired) electrons. The van der Waals surface area contributed by atoms with Crippen LogP contribution in [0.1, 0.15) is 0 Å². The summed E-state index contributed by atoms with van der Waals surface area (Å²) in [5, 5.41) is 10.9. The second-order valence-corrected chi connectivity index (χ2v) is 2.00. The summed E-state index contributed by atoms with van der Waals surface area (Å²) in [5.74, 6) is -0.0828. The van der Waals surface area contributed by atoms with Crippen LogP contribution in [-0.2, 0) is 0 Å². The molecule has 0 aliphatic rings. The first-order chi connectivity index (χ1) is 4.88. The first-order valence-corrected chi connectivity index (χ1v) is 2.93. The number of aromatic nitrogens is 1. The van der Waals surface area contributed by atoms with Crippen LogP contribution in [0.3, 0.4) is 0 Å². The quantitative estimate of drug-likeness (QED) is 0.480. The minimum Gasteiger partial charge on any atom is -0.866 e. The van der Waals surface area contributed by atoms with Crippen molar-refractivity contribution in [2.24, 2.45) is 0 Å². The average Bonchev–Trinajstić information content (AvgIpc) is 2.34. The van der Waals surface area contributed by atoms with E-state index >= 15 is 0 Å². The van der Waals surface area contributed by atoms with E-state index in [1.54, 1.807) is 24.4 Å². The normalized spacial score (nSPS) is 10.4. The van der Waals surface area contributed by atoms with Crippen LogP contribution in [0.2, 0.25) is 0 Å². The number of hydrogen-bond acceptors (Lipinski definition) is 2. The molecular formula is C7H5NO2. The fourth-order valence-electron chi connectivity index (χ4n) is 0.876. The predicted octanol–water partition coefficient (Wildman–Crippen LogP) is 0.0919. The zero-order valence-corrected chi connectivity index (χ0v) is 5.15. The van der Waals surface area contributed by atoms with Crippen LogP contribution < -0.4 is 9.68 Å². The lowest BCUT2D eigenvalue weighted by Gasteiger charge is -1.88. The predicted molar refractivity (Wildman–Crippen MR) is 31.3 cm³/mol. The molecule has 0 aliphatic carbocycles. The number of fused-ring (bicyclic) bond motifs is 1. The van der Waals surface area contributed by atoms with E-state index in [2.05, 4.69) is 0 Å². The SMILES string of the molecule is [O-]c1co[n+]2ccccc12. The van der Waals surface area contributed by atoms with E-state index in [9.17, 15) is 5.11 Å². The lowest BCUT2D eigenvalue weighted by atomic mass is 10.4. The van der Waals surface area contributed by atoms with Gasteiger partial charge in [-0.05, 0) is 6.07 Å². The van der Waals surface area contributed by atoms with E-state index in [1.807, 2.05) is 0 Å². The van der Waals surface area contributed by atoms with Crippen LogP contribution in [0.4, 0.5) is 0 Å². The van der Waals surface area contributed by atoms with Crippen molar-refractivity contribution in [1.29, 1.82) is 0 Å². The van der Waals surface area contributed by atoms with Crippen LogP contribution in [-0.4, -0.2) is 0 Å². The number of hydrogen-bond donors (Lipinski definition) is 0. The lowest BCUT2D eigenvalue weighted by Crippen LogP contribution is -2.16. The minimum absolute atomic E-state index is 0.0828. The van der Waals surface area contributed by atoms with Crippen LogP contribution >= 0.6 is 0 Å². The van der Waals surface area contributed by atoms with Gasteiger partial charge in [0, 0.05) is 22.5 Å². The maximum Gasteiger partial charge on any atom is 0.253 e. The maximum absolute atomic E-state index is 10.9. The van der Waals surface area contributed by atoms with Gasteiger partial charge in [0.1, 0.15) is 0 Å². The third kappa shape index (κ3) is 0.572. The third-order valence-corrected chi connectivity index (χ3v) is 1.35. The maximum atomic E-state index is 10.9. The highest BCUT2D eigenvalue weighted by molar-refractivity contribution is 5.49. The zero-order chi connectivity index (χ0) is 6.97. The Labute approximate surface area is 57.1 Å². The Morgan fingerprint density at radius 3 is 3.10 bits per heavy atom. The standard InChI is InChI=1S/C7H5NO2/c9-7-5-10-8-4-2-1-3-6(7)8/h1-5H. The monoisotopic (exact) mass is 135 g/mol. The van der Waals surface area contributed by atoms with E-state index in [-0.39, 0.29) is 5.75 Å². The van der Waals surface area contributed by atoms with Crippen molar-refractivity contribution in [3.05, 3.63) is 30.7 Å². The smallest absolute Gasteiger partial charge is 0.253 e. The van der Waals surface area contributed by atoms with Gasteiger partial charge in [-0.2, -0.15) is 0 Å². The largest absolute Gasteiger partial charge is 0.866 e. The third-order valence-electron chi connectivity index (χ3n) is 1.35. The number of rotatable bonds is 0. The van der Waals surface area contributed by atoms with E-state index in [4.69, 9.17) is 4.52 Å². The van der Waals surface area contributed by atoms with Gasteiger partial charge in [-0.1, -0.05) is 0 Å². The Hall–Kier alpha value is -1.51. The summed E-state index contributed by atoms with van der Waals surface area (Å²) in [7, 11) is 0. The first-order valence-electron chi connectivity index (χ1n) is 2.93. The van der Waals surface area contributed by atoms with E-state index in [0.717, 1.165) is 0 Å². The molecule has 0 amide bonds. The van der Waals surface area contributed by atoms with E-state index in [1.165, 1.54) is 10.8 Å². The Kier molecular flexibility index (Phi) is 0.917. The second-order valence-electron chi connectivity index (χ2n) is 2.00. The van der Waals surface area contributed by atoms with Gasteiger partial charge in [-0.3, -0.25) is 0 Å². The molecule has 3 nitrogen and oxygen atoms in total. The van der Waals surface area contributed by atoms with Gasteiger partial charge in [0.2, 0.25) is 6.20 Å². The molecule has 2 aromatic heterocycles. The molecule has 0 saturated carbocycles. The fourth-order valence-corrected chi connectivity index (χ4v) is 0.876. The molecule has 0 bridgehead atoms. The second kappa shape index (κ2) is 1.73. The summed E-state index contributed by atoms with van der Waals surface area (Å²) in [5.41, 5.74) is 0.572. The van der Waals surface area contributed by atoms with Gasteiger partial charge < -0.3 is 5.11 Å². The summed E-state index contributed by atoms with van der Waals surface area (Å²) in [6.45, 7) is 0. The molecule has 2 rings (SSSR count). The molecule has 0 N–H and O–H groups in total. The Balaban J connectivity index is 2.93. The summed E-state index contributed by atoms with van der Waals surface area (Å²) in [4.78, 5) is 0. The molecule has 3 heteroatoms. The zero-order valence-electron chi connectivity index (χ0n) is 5.15. The highest BCUT2D eigenvalue weighted by Crippen LogP contribution is 2.08. The van der Waals surface area contributed by atoms with Crippen molar-refractivity contribution in [2.45, 2.75) is 0 Å². The Morgan fingerprint density at radius 2 is 2.30 bits per heavy atom. The minimum atomic E-state index is -0.0828. The number of pyridine rings is 1. The summed E-state index contributed by atoms with van der Waals surface area (Å²) in [6, 6.07) is 5.31. The number of nitrogens with zero attached hydrogens (tertiary/aromatic N) is 1. The van der Waals surface area contributed by atoms with E-state index in [0.29, 0.717) is 5.52 Å². The van der Waals surface area contributed by atoms with Crippen molar-refractivity contribution in [2.75, 3.05) is 0 Å². The molecule has 0 atom stereocenters. The fraction of sp³-hybridized carbons (Fsp3) is 0. The molecule has 0 aliphatic heterocycles. The van der Waals surface area contributed by atoms with Crippen LogP contribution in [0, 0.1) is 0 Å². The molecule has 0 unspecified atom stereocenters. The van der Waals surface area contributed by atoms with Gasteiger partial charge in [-0.15, -0.1) is 0 Å². The van der Waals surface area contributed by atoms with Crippen LogP contribution in [0.5, 0.6) is 5.75 Å². The van der Waals surface area contributed by atoms with Gasteiger partial charge >= 0.3 is 0 Å². The summed E-state index contributed by atoms with van der Waals surface area (Å²) < 4.78 is 6.29. The van der Waals surface area contributed by atoms with Crippen molar-refractivity contribution >= 4 is 5.52 Å². The molecular weight excluding hydrogens is 130 g/mol. The molecule has 2 heterocycles. The highest BCUT2D eigenvalue weighted by atomic mass is 16.5. The summed E-state index contributed by atoms with van der Waals surface area (Å²) >= 11 is 0. The van der Waals surface area contributed by atoms with Crippen LogP contribution in [0.15, 0.2) is 35.2 Å².